The van der Waals surface area contributed by atoms with E-state index >= 15 is 0 Å². The normalized spacial score (nSPS) is 14.3. The fraction of sp³-hybridized carbons (Fsp3) is 0.200. The van der Waals surface area contributed by atoms with E-state index in [4.69, 9.17) is 9.47 Å². The molecule has 2 aliphatic rings. The molecular formula is C20H17N3O3. The lowest BCUT2D eigenvalue weighted by atomic mass is 10.1. The number of fused-ring (bicyclic) bond motifs is 2. The number of hydrogen-bond acceptors (Lipinski definition) is 4. The van der Waals surface area contributed by atoms with Crippen LogP contribution in [0.15, 0.2) is 48.7 Å². The molecule has 0 saturated heterocycles. The molecule has 0 radical (unpaired) electrons. The first-order valence-electron chi connectivity index (χ1n) is 8.64. The second-order valence-corrected chi connectivity index (χ2v) is 6.41. The van der Waals surface area contributed by atoms with E-state index in [1.807, 2.05) is 30.5 Å². The number of carbonyl (C=O) groups is 1. The largest absolute Gasteiger partial charge is 0.454 e. The SMILES string of the molecule is O=C(Nc1ccc(-c2cnc3n2CCC3)cc1)c1ccc2c(c1)OCO2. The molecule has 0 bridgehead atoms. The number of carbonyl (C=O) groups excluding carboxylic acids is 1. The Morgan fingerprint density at radius 3 is 2.81 bits per heavy atom. The first kappa shape index (κ1) is 15.0. The quantitative estimate of drug-likeness (QED) is 0.788. The monoisotopic (exact) mass is 347 g/mol. The highest BCUT2D eigenvalue weighted by Gasteiger charge is 2.18. The smallest absolute Gasteiger partial charge is 0.255 e. The number of rotatable bonds is 3. The van der Waals surface area contributed by atoms with Crippen LogP contribution < -0.4 is 14.8 Å². The first-order chi connectivity index (χ1) is 12.8. The molecule has 130 valence electrons. The lowest BCUT2D eigenvalue weighted by molar-refractivity contribution is 0.102. The number of hydrogen-bond donors (Lipinski definition) is 1. The minimum atomic E-state index is -0.179. The summed E-state index contributed by atoms with van der Waals surface area (Å²) in [5, 5.41) is 2.92. The summed E-state index contributed by atoms with van der Waals surface area (Å²) < 4.78 is 12.9. The summed E-state index contributed by atoms with van der Waals surface area (Å²) in [5.41, 5.74) is 3.52. The Kier molecular flexibility index (Phi) is 3.41. The summed E-state index contributed by atoms with van der Waals surface area (Å²) in [6, 6.07) is 13.0. The van der Waals surface area contributed by atoms with E-state index in [1.165, 1.54) is 0 Å². The fourth-order valence-corrected chi connectivity index (χ4v) is 3.45. The van der Waals surface area contributed by atoms with Crippen molar-refractivity contribution >= 4 is 11.6 Å². The van der Waals surface area contributed by atoms with E-state index in [0.29, 0.717) is 17.1 Å². The third-order valence-electron chi connectivity index (χ3n) is 4.79. The van der Waals surface area contributed by atoms with E-state index < -0.39 is 0 Å². The maximum absolute atomic E-state index is 12.5. The van der Waals surface area contributed by atoms with Crippen LogP contribution in [0.25, 0.3) is 11.3 Å². The van der Waals surface area contributed by atoms with E-state index in [1.54, 1.807) is 18.2 Å². The van der Waals surface area contributed by atoms with Crippen molar-refractivity contribution in [2.45, 2.75) is 19.4 Å². The van der Waals surface area contributed by atoms with Crippen molar-refractivity contribution in [1.29, 1.82) is 0 Å². The van der Waals surface area contributed by atoms with Gasteiger partial charge in [0.1, 0.15) is 5.82 Å². The fourth-order valence-electron chi connectivity index (χ4n) is 3.45. The molecule has 5 rings (SSSR count). The van der Waals surface area contributed by atoms with Gasteiger partial charge in [-0.3, -0.25) is 4.79 Å². The number of aryl methyl sites for hydroxylation is 1. The van der Waals surface area contributed by atoms with E-state index in [-0.39, 0.29) is 12.7 Å². The summed E-state index contributed by atoms with van der Waals surface area (Å²) in [6.07, 6.45) is 4.12. The topological polar surface area (TPSA) is 65.4 Å². The minimum Gasteiger partial charge on any atom is -0.454 e. The third kappa shape index (κ3) is 2.50. The molecule has 1 amide bonds. The standard InChI is InChI=1S/C20H17N3O3/c24-20(14-5-8-17-18(10-14)26-12-25-17)22-15-6-3-13(4-7-15)16-11-21-19-2-1-9-23(16)19/h3-8,10-11H,1-2,9,12H2,(H,22,24). The predicted octanol–water partition coefficient (Wildman–Crippen LogP) is 3.48. The van der Waals surface area contributed by atoms with Crippen LogP contribution in [0.2, 0.25) is 0 Å². The van der Waals surface area contributed by atoms with Crippen LogP contribution in [0.3, 0.4) is 0 Å². The Labute approximate surface area is 150 Å². The van der Waals surface area contributed by atoms with Crippen LogP contribution in [0, 0.1) is 0 Å². The molecule has 1 N–H and O–H groups in total. The first-order valence-corrected chi connectivity index (χ1v) is 8.64. The van der Waals surface area contributed by atoms with Crippen LogP contribution in [0.1, 0.15) is 22.6 Å². The highest BCUT2D eigenvalue weighted by Crippen LogP contribution is 2.33. The molecule has 0 aliphatic carbocycles. The summed E-state index contributed by atoms with van der Waals surface area (Å²) in [4.78, 5) is 16.9. The van der Waals surface area contributed by atoms with Gasteiger partial charge in [0.15, 0.2) is 11.5 Å². The molecule has 6 heteroatoms. The van der Waals surface area contributed by atoms with Crippen molar-refractivity contribution in [2.75, 3.05) is 12.1 Å². The van der Waals surface area contributed by atoms with E-state index in [2.05, 4.69) is 14.9 Å². The van der Waals surface area contributed by atoms with Gasteiger partial charge < -0.3 is 19.4 Å². The van der Waals surface area contributed by atoms with Crippen molar-refractivity contribution in [3.05, 3.63) is 60.0 Å². The average Bonchev–Trinajstić information content (AvgIpc) is 3.38. The Balaban J connectivity index is 1.34. The molecule has 0 unspecified atom stereocenters. The average molecular weight is 347 g/mol. The number of ether oxygens (including phenoxy) is 2. The van der Waals surface area contributed by atoms with Gasteiger partial charge in [0.05, 0.1) is 11.9 Å². The lowest BCUT2D eigenvalue weighted by Gasteiger charge is -2.08. The van der Waals surface area contributed by atoms with Crippen LogP contribution in [0.4, 0.5) is 5.69 Å². The van der Waals surface area contributed by atoms with Crippen molar-refractivity contribution in [2.24, 2.45) is 0 Å². The summed E-state index contributed by atoms with van der Waals surface area (Å²) in [7, 11) is 0. The molecule has 0 spiro atoms. The van der Waals surface area contributed by atoms with Crippen molar-refractivity contribution in [1.82, 2.24) is 9.55 Å². The molecule has 3 heterocycles. The van der Waals surface area contributed by atoms with Gasteiger partial charge >= 0.3 is 0 Å². The molecule has 2 aliphatic heterocycles. The molecule has 3 aromatic rings. The Hall–Kier alpha value is -3.28. The van der Waals surface area contributed by atoms with Crippen molar-refractivity contribution in [3.8, 4) is 22.8 Å². The minimum absolute atomic E-state index is 0.179. The number of nitrogens with one attached hydrogen (secondary N) is 1. The summed E-state index contributed by atoms with van der Waals surface area (Å²) in [5.74, 6) is 2.24. The maximum Gasteiger partial charge on any atom is 0.255 e. The highest BCUT2D eigenvalue weighted by molar-refractivity contribution is 6.04. The van der Waals surface area contributed by atoms with Crippen LogP contribution in [0.5, 0.6) is 11.5 Å². The zero-order chi connectivity index (χ0) is 17.5. The molecule has 2 aromatic carbocycles. The van der Waals surface area contributed by atoms with Gasteiger partial charge in [-0.25, -0.2) is 4.98 Å². The van der Waals surface area contributed by atoms with Gasteiger partial charge in [0.25, 0.3) is 5.91 Å². The van der Waals surface area contributed by atoms with Crippen LogP contribution in [-0.4, -0.2) is 22.3 Å². The van der Waals surface area contributed by atoms with Crippen molar-refractivity contribution in [3.63, 3.8) is 0 Å². The van der Waals surface area contributed by atoms with Gasteiger partial charge in [0, 0.05) is 24.2 Å². The van der Waals surface area contributed by atoms with E-state index in [9.17, 15) is 4.79 Å². The second kappa shape index (κ2) is 5.91. The van der Waals surface area contributed by atoms with Gasteiger partial charge in [-0.2, -0.15) is 0 Å². The maximum atomic E-state index is 12.5. The van der Waals surface area contributed by atoms with E-state index in [0.717, 1.165) is 42.2 Å². The van der Waals surface area contributed by atoms with Crippen molar-refractivity contribution < 1.29 is 14.3 Å². The Morgan fingerprint density at radius 2 is 1.92 bits per heavy atom. The zero-order valence-electron chi connectivity index (χ0n) is 14.1. The number of benzene rings is 2. The van der Waals surface area contributed by atoms with Gasteiger partial charge in [-0.1, -0.05) is 12.1 Å². The molecule has 0 saturated carbocycles. The molecule has 0 fully saturated rings. The summed E-state index contributed by atoms with van der Waals surface area (Å²) >= 11 is 0. The Morgan fingerprint density at radius 1 is 1.08 bits per heavy atom. The van der Waals surface area contributed by atoms with Gasteiger partial charge in [-0.15, -0.1) is 0 Å². The molecule has 0 atom stereocenters. The second-order valence-electron chi connectivity index (χ2n) is 6.41. The summed E-state index contributed by atoms with van der Waals surface area (Å²) in [6.45, 7) is 1.22. The molecule has 1 aromatic heterocycles. The predicted molar refractivity (Wildman–Crippen MR) is 96.5 cm³/mol. The Bertz CT molecular complexity index is 992. The molecular weight excluding hydrogens is 330 g/mol. The number of aromatic nitrogens is 2. The molecule has 6 nitrogen and oxygen atoms in total. The molecule has 26 heavy (non-hydrogen) atoms. The number of anilines is 1. The highest BCUT2D eigenvalue weighted by atomic mass is 16.7. The zero-order valence-corrected chi connectivity index (χ0v) is 14.1. The van der Waals surface area contributed by atoms with Crippen LogP contribution >= 0.6 is 0 Å². The van der Waals surface area contributed by atoms with Gasteiger partial charge in [-0.05, 0) is 42.3 Å². The third-order valence-corrected chi connectivity index (χ3v) is 4.79. The number of nitrogens with zero attached hydrogens (tertiary/aromatic N) is 2. The van der Waals surface area contributed by atoms with Gasteiger partial charge in [0.2, 0.25) is 6.79 Å². The lowest BCUT2D eigenvalue weighted by Crippen LogP contribution is -2.11. The number of imidazole rings is 1. The van der Waals surface area contributed by atoms with Crippen LogP contribution in [-0.2, 0) is 13.0 Å². The number of amides is 1.